The largest absolute Gasteiger partial charge is 0.493 e. The van der Waals surface area contributed by atoms with Crippen molar-refractivity contribution in [3.8, 4) is 22.8 Å². The lowest BCUT2D eigenvalue weighted by Gasteiger charge is -2.25. The van der Waals surface area contributed by atoms with Crippen LogP contribution in [0.25, 0.3) is 11.3 Å². The summed E-state index contributed by atoms with van der Waals surface area (Å²) in [6.07, 6.45) is -2.67. The molecule has 0 spiro atoms. The molecule has 0 aliphatic carbocycles. The number of halogens is 3. The van der Waals surface area contributed by atoms with Gasteiger partial charge >= 0.3 is 12.1 Å². The number of rotatable bonds is 9. The molecule has 3 rings (SSSR count). The highest BCUT2D eigenvalue weighted by Crippen LogP contribution is 2.31. The first-order valence-corrected chi connectivity index (χ1v) is 11.6. The second-order valence-corrected chi connectivity index (χ2v) is 9.02. The fourth-order valence-electron chi connectivity index (χ4n) is 3.42. The molecule has 5 nitrogen and oxygen atoms in total. The summed E-state index contributed by atoms with van der Waals surface area (Å²) < 4.78 is 55.3. The van der Waals surface area contributed by atoms with Gasteiger partial charge in [-0.15, -0.1) is 0 Å². The summed E-state index contributed by atoms with van der Waals surface area (Å²) in [7, 11) is 0. The number of nitrogens with zero attached hydrogens (tertiary/aromatic N) is 1. The molecule has 0 saturated carbocycles. The van der Waals surface area contributed by atoms with Crippen molar-refractivity contribution in [3.63, 3.8) is 0 Å². The van der Waals surface area contributed by atoms with Gasteiger partial charge in [0.05, 0.1) is 24.5 Å². The minimum atomic E-state index is -4.37. The lowest BCUT2D eigenvalue weighted by atomic mass is 10.0. The van der Waals surface area contributed by atoms with Gasteiger partial charge in [0.2, 0.25) is 0 Å². The van der Waals surface area contributed by atoms with Crippen LogP contribution in [-0.2, 0) is 15.7 Å². The first-order valence-electron chi connectivity index (χ1n) is 11.6. The Morgan fingerprint density at radius 3 is 2.31 bits per heavy atom. The van der Waals surface area contributed by atoms with Crippen LogP contribution in [0.1, 0.15) is 50.3 Å². The van der Waals surface area contributed by atoms with Gasteiger partial charge in [0.1, 0.15) is 11.5 Å². The molecule has 0 aliphatic rings. The molecule has 192 valence electrons. The summed E-state index contributed by atoms with van der Waals surface area (Å²) >= 11 is 0. The molecule has 0 N–H and O–H groups in total. The summed E-state index contributed by atoms with van der Waals surface area (Å²) in [6, 6.07) is 14.0. The molecule has 0 saturated heterocycles. The van der Waals surface area contributed by atoms with Gasteiger partial charge in [-0.2, -0.15) is 13.2 Å². The van der Waals surface area contributed by atoms with Gasteiger partial charge < -0.3 is 14.2 Å². The van der Waals surface area contributed by atoms with Crippen molar-refractivity contribution in [2.75, 3.05) is 13.2 Å². The second kappa shape index (κ2) is 11.0. The SMILES string of the molecule is CCOC(=O)C(C)(C)Oc1cc(OCC(C)c2ccc(-c3ccc(C(F)(F)F)cc3)nc2)ccc1C. The Hall–Kier alpha value is -3.55. The van der Waals surface area contributed by atoms with E-state index in [0.29, 0.717) is 29.4 Å². The molecule has 0 aliphatic heterocycles. The number of aryl methyl sites for hydroxylation is 1. The third-order valence-corrected chi connectivity index (χ3v) is 5.66. The molecule has 1 atom stereocenters. The van der Waals surface area contributed by atoms with Crippen LogP contribution in [0, 0.1) is 6.92 Å². The van der Waals surface area contributed by atoms with Crippen LogP contribution >= 0.6 is 0 Å². The highest BCUT2D eigenvalue weighted by Gasteiger charge is 2.32. The van der Waals surface area contributed by atoms with Crippen molar-refractivity contribution in [2.45, 2.75) is 52.3 Å². The van der Waals surface area contributed by atoms with E-state index in [1.807, 2.05) is 32.0 Å². The first-order chi connectivity index (χ1) is 16.9. The highest BCUT2D eigenvalue weighted by molar-refractivity contribution is 5.79. The lowest BCUT2D eigenvalue weighted by molar-refractivity contribution is -0.158. The summed E-state index contributed by atoms with van der Waals surface area (Å²) in [5.41, 5.74) is 1.14. The van der Waals surface area contributed by atoms with Crippen molar-refractivity contribution in [2.24, 2.45) is 0 Å². The molecule has 1 unspecified atom stereocenters. The van der Waals surface area contributed by atoms with E-state index in [-0.39, 0.29) is 12.5 Å². The number of pyridine rings is 1. The number of aromatic nitrogens is 1. The van der Waals surface area contributed by atoms with Gasteiger partial charge in [-0.05, 0) is 63.1 Å². The predicted octanol–water partition coefficient (Wildman–Crippen LogP) is 6.98. The molecule has 2 aromatic carbocycles. The Morgan fingerprint density at radius 1 is 1.03 bits per heavy atom. The Morgan fingerprint density at radius 2 is 1.72 bits per heavy atom. The maximum Gasteiger partial charge on any atom is 0.416 e. The number of ether oxygens (including phenoxy) is 3. The Bertz CT molecular complexity index is 1170. The van der Waals surface area contributed by atoms with E-state index in [2.05, 4.69) is 4.98 Å². The second-order valence-electron chi connectivity index (χ2n) is 9.02. The molecule has 3 aromatic rings. The number of carbonyl (C=O) groups is 1. The molecule has 0 fully saturated rings. The average Bonchev–Trinajstić information content (AvgIpc) is 2.84. The van der Waals surface area contributed by atoms with E-state index in [4.69, 9.17) is 14.2 Å². The Balaban J connectivity index is 1.64. The van der Waals surface area contributed by atoms with Gasteiger partial charge in [-0.3, -0.25) is 4.98 Å². The van der Waals surface area contributed by atoms with Crippen molar-refractivity contribution in [1.82, 2.24) is 4.98 Å². The average molecular weight is 502 g/mol. The zero-order valence-corrected chi connectivity index (χ0v) is 21.0. The molecule has 0 bridgehead atoms. The number of esters is 1. The van der Waals surface area contributed by atoms with E-state index in [0.717, 1.165) is 23.3 Å². The maximum absolute atomic E-state index is 12.8. The predicted molar refractivity (Wildman–Crippen MR) is 131 cm³/mol. The number of hydrogen-bond acceptors (Lipinski definition) is 5. The molecule has 0 radical (unpaired) electrons. The Kier molecular flexibility index (Phi) is 8.28. The summed E-state index contributed by atoms with van der Waals surface area (Å²) in [4.78, 5) is 16.6. The summed E-state index contributed by atoms with van der Waals surface area (Å²) in [5, 5.41) is 0. The quantitative estimate of drug-likeness (QED) is 0.296. The molecule has 0 amide bonds. The zero-order chi connectivity index (χ0) is 26.5. The van der Waals surface area contributed by atoms with Crippen molar-refractivity contribution in [1.29, 1.82) is 0 Å². The van der Waals surface area contributed by atoms with Gasteiger partial charge in [-0.25, -0.2) is 4.79 Å². The topological polar surface area (TPSA) is 57.7 Å². The van der Waals surface area contributed by atoms with Crippen LogP contribution in [0.15, 0.2) is 60.8 Å². The Labute approximate surface area is 209 Å². The van der Waals surface area contributed by atoms with Crippen LogP contribution in [-0.4, -0.2) is 29.8 Å². The fourth-order valence-corrected chi connectivity index (χ4v) is 3.42. The fraction of sp³-hybridized carbons (Fsp3) is 0.357. The van der Waals surface area contributed by atoms with Crippen molar-refractivity contribution >= 4 is 5.97 Å². The van der Waals surface area contributed by atoms with Gasteiger partial charge in [0, 0.05) is 23.7 Å². The monoisotopic (exact) mass is 501 g/mol. The van der Waals surface area contributed by atoms with E-state index in [1.165, 1.54) is 12.1 Å². The summed E-state index contributed by atoms with van der Waals surface area (Å²) in [6.45, 7) is 9.56. The molecule has 1 heterocycles. The normalized spacial score (nSPS) is 12.7. The van der Waals surface area contributed by atoms with Crippen LogP contribution in [0.4, 0.5) is 13.2 Å². The molecular weight excluding hydrogens is 471 g/mol. The van der Waals surface area contributed by atoms with Crippen LogP contribution in [0.3, 0.4) is 0 Å². The van der Waals surface area contributed by atoms with E-state index < -0.39 is 23.3 Å². The number of carbonyl (C=O) groups excluding carboxylic acids is 1. The molecule has 36 heavy (non-hydrogen) atoms. The van der Waals surface area contributed by atoms with E-state index >= 15 is 0 Å². The van der Waals surface area contributed by atoms with Gasteiger partial charge in [0.15, 0.2) is 5.60 Å². The van der Waals surface area contributed by atoms with E-state index in [1.54, 1.807) is 39.1 Å². The minimum Gasteiger partial charge on any atom is -0.493 e. The molecular formula is C28H30F3NO4. The minimum absolute atomic E-state index is 0.000741. The number of alkyl halides is 3. The molecule has 8 heteroatoms. The molecule has 1 aromatic heterocycles. The maximum atomic E-state index is 12.8. The highest BCUT2D eigenvalue weighted by atomic mass is 19.4. The van der Waals surface area contributed by atoms with Crippen LogP contribution in [0.2, 0.25) is 0 Å². The van der Waals surface area contributed by atoms with Crippen molar-refractivity contribution in [3.05, 3.63) is 77.5 Å². The smallest absolute Gasteiger partial charge is 0.416 e. The van der Waals surface area contributed by atoms with Crippen molar-refractivity contribution < 1.29 is 32.2 Å². The zero-order valence-electron chi connectivity index (χ0n) is 21.0. The third kappa shape index (κ3) is 6.77. The van der Waals surface area contributed by atoms with Crippen LogP contribution in [0.5, 0.6) is 11.5 Å². The lowest BCUT2D eigenvalue weighted by Crippen LogP contribution is -2.39. The third-order valence-electron chi connectivity index (χ3n) is 5.66. The first kappa shape index (κ1) is 27.0. The standard InChI is InChI=1S/C28H30F3NO4/c1-6-34-26(33)27(4,5)36-25-15-23(13-7-18(25)2)35-17-19(3)21-10-14-24(32-16-21)20-8-11-22(12-9-20)28(29,30)31/h7-16,19H,6,17H2,1-5H3. The van der Waals surface area contributed by atoms with Crippen LogP contribution < -0.4 is 9.47 Å². The number of hydrogen-bond donors (Lipinski definition) is 0. The van der Waals surface area contributed by atoms with E-state index in [9.17, 15) is 18.0 Å². The summed E-state index contributed by atoms with van der Waals surface area (Å²) in [5.74, 6) is 0.676. The number of benzene rings is 2. The van der Waals surface area contributed by atoms with Gasteiger partial charge in [-0.1, -0.05) is 31.2 Å². The van der Waals surface area contributed by atoms with Gasteiger partial charge in [0.25, 0.3) is 0 Å².